The second kappa shape index (κ2) is 7.53. The van der Waals surface area contributed by atoms with E-state index in [1.807, 2.05) is 31.3 Å². The minimum Gasteiger partial charge on any atom is -0.367 e. The number of likely N-dealkylation sites (N-methyl/N-ethyl adjacent to an activating group) is 1. The molecule has 0 bridgehead atoms. The van der Waals surface area contributed by atoms with E-state index in [-0.39, 0.29) is 11.9 Å². The van der Waals surface area contributed by atoms with Crippen LogP contribution in [0.1, 0.15) is 17.2 Å². The van der Waals surface area contributed by atoms with Crippen LogP contribution in [0.3, 0.4) is 0 Å². The predicted molar refractivity (Wildman–Crippen MR) is 82.0 cm³/mol. The van der Waals surface area contributed by atoms with Crippen LogP contribution < -0.4 is 5.32 Å². The number of benzene rings is 2. The van der Waals surface area contributed by atoms with E-state index in [1.54, 1.807) is 12.1 Å². The molecule has 2 nitrogen and oxygen atoms in total. The molecule has 0 radical (unpaired) electrons. The maximum absolute atomic E-state index is 13.0. The first kappa shape index (κ1) is 15.2. The molecule has 2 aromatic carbocycles. The first-order chi connectivity index (χ1) is 9.70. The van der Waals surface area contributed by atoms with Crippen molar-refractivity contribution in [2.45, 2.75) is 12.7 Å². The third kappa shape index (κ3) is 4.13. The molecular weight excluding hydrogens is 321 g/mol. The van der Waals surface area contributed by atoms with Crippen LogP contribution in [0.15, 0.2) is 53.0 Å². The van der Waals surface area contributed by atoms with Gasteiger partial charge in [-0.05, 0) is 36.4 Å². The van der Waals surface area contributed by atoms with Gasteiger partial charge in [0, 0.05) is 11.0 Å². The number of hydrogen-bond donors (Lipinski definition) is 1. The first-order valence-corrected chi connectivity index (χ1v) is 7.25. The Morgan fingerprint density at radius 1 is 1.15 bits per heavy atom. The van der Waals surface area contributed by atoms with Crippen LogP contribution in [0.5, 0.6) is 0 Å². The highest BCUT2D eigenvalue weighted by molar-refractivity contribution is 9.10. The summed E-state index contributed by atoms with van der Waals surface area (Å²) in [4.78, 5) is 0. The van der Waals surface area contributed by atoms with Gasteiger partial charge in [0.05, 0.1) is 12.7 Å². The van der Waals surface area contributed by atoms with Crippen LogP contribution in [-0.4, -0.2) is 13.6 Å². The maximum atomic E-state index is 13.0. The molecule has 20 heavy (non-hydrogen) atoms. The minimum absolute atomic E-state index is 0.104. The monoisotopic (exact) mass is 337 g/mol. The highest BCUT2D eigenvalue weighted by Gasteiger charge is 2.12. The zero-order valence-corrected chi connectivity index (χ0v) is 12.9. The lowest BCUT2D eigenvalue weighted by Gasteiger charge is -2.18. The quantitative estimate of drug-likeness (QED) is 0.857. The molecule has 0 saturated carbocycles. The zero-order chi connectivity index (χ0) is 14.4. The molecule has 4 heteroatoms. The molecule has 0 fully saturated rings. The standard InChI is InChI=1S/C16H17BrFNO/c1-19-10-16(12-6-8-14(18)9-7-12)20-11-13-4-2-3-5-15(13)17/h2-9,16,19H,10-11H2,1H3. The van der Waals surface area contributed by atoms with Crippen LogP contribution in [0.4, 0.5) is 4.39 Å². The summed E-state index contributed by atoms with van der Waals surface area (Å²) < 4.78 is 20.0. The molecule has 0 amide bonds. The Kier molecular flexibility index (Phi) is 5.71. The van der Waals surface area contributed by atoms with Gasteiger partial charge in [-0.25, -0.2) is 4.39 Å². The van der Waals surface area contributed by atoms with E-state index in [2.05, 4.69) is 21.2 Å². The average Bonchev–Trinajstić information content (AvgIpc) is 2.46. The fourth-order valence-corrected chi connectivity index (χ4v) is 2.34. The van der Waals surface area contributed by atoms with Gasteiger partial charge in [0.25, 0.3) is 0 Å². The van der Waals surface area contributed by atoms with E-state index in [0.717, 1.165) is 15.6 Å². The summed E-state index contributed by atoms with van der Waals surface area (Å²) >= 11 is 3.51. The molecule has 0 aliphatic carbocycles. The summed E-state index contributed by atoms with van der Waals surface area (Å²) in [5.74, 6) is -0.234. The Balaban J connectivity index is 2.06. The van der Waals surface area contributed by atoms with E-state index >= 15 is 0 Å². The van der Waals surface area contributed by atoms with Gasteiger partial charge >= 0.3 is 0 Å². The highest BCUT2D eigenvalue weighted by Crippen LogP contribution is 2.22. The van der Waals surface area contributed by atoms with Crippen molar-refractivity contribution in [2.24, 2.45) is 0 Å². The van der Waals surface area contributed by atoms with E-state index in [0.29, 0.717) is 13.2 Å². The number of hydrogen-bond acceptors (Lipinski definition) is 2. The third-order valence-corrected chi connectivity index (χ3v) is 3.80. The summed E-state index contributed by atoms with van der Waals surface area (Å²) in [5.41, 5.74) is 2.06. The van der Waals surface area contributed by atoms with Crippen molar-refractivity contribution in [1.29, 1.82) is 0 Å². The number of nitrogens with one attached hydrogen (secondary N) is 1. The minimum atomic E-state index is -0.234. The smallest absolute Gasteiger partial charge is 0.123 e. The van der Waals surface area contributed by atoms with Gasteiger partial charge in [0.2, 0.25) is 0 Å². The van der Waals surface area contributed by atoms with Gasteiger partial charge in [-0.15, -0.1) is 0 Å². The molecule has 106 valence electrons. The molecule has 1 N–H and O–H groups in total. The van der Waals surface area contributed by atoms with Crippen molar-refractivity contribution in [3.8, 4) is 0 Å². The SMILES string of the molecule is CNCC(OCc1ccccc1Br)c1ccc(F)cc1. The van der Waals surface area contributed by atoms with E-state index < -0.39 is 0 Å². The van der Waals surface area contributed by atoms with Crippen molar-refractivity contribution in [3.63, 3.8) is 0 Å². The Hall–Kier alpha value is -1.23. The zero-order valence-electron chi connectivity index (χ0n) is 11.3. The van der Waals surface area contributed by atoms with Gasteiger partial charge in [0.1, 0.15) is 5.82 Å². The Bertz CT molecular complexity index is 544. The number of ether oxygens (including phenoxy) is 1. The molecule has 0 spiro atoms. The van der Waals surface area contributed by atoms with Gasteiger partial charge in [-0.3, -0.25) is 0 Å². The second-order valence-electron chi connectivity index (χ2n) is 4.50. The second-order valence-corrected chi connectivity index (χ2v) is 5.35. The molecule has 0 saturated heterocycles. The van der Waals surface area contributed by atoms with Crippen LogP contribution in [0.2, 0.25) is 0 Å². The molecule has 0 aliphatic heterocycles. The summed E-state index contributed by atoms with van der Waals surface area (Å²) in [6, 6.07) is 14.4. The lowest BCUT2D eigenvalue weighted by Crippen LogP contribution is -2.19. The van der Waals surface area contributed by atoms with Gasteiger partial charge in [-0.1, -0.05) is 46.3 Å². The number of halogens is 2. The number of rotatable bonds is 6. The van der Waals surface area contributed by atoms with Crippen molar-refractivity contribution in [1.82, 2.24) is 5.32 Å². The van der Waals surface area contributed by atoms with Crippen LogP contribution in [0, 0.1) is 5.82 Å². The van der Waals surface area contributed by atoms with Crippen LogP contribution in [-0.2, 0) is 11.3 Å². The lowest BCUT2D eigenvalue weighted by molar-refractivity contribution is 0.0407. The van der Waals surface area contributed by atoms with Crippen molar-refractivity contribution < 1.29 is 9.13 Å². The van der Waals surface area contributed by atoms with Gasteiger partial charge in [-0.2, -0.15) is 0 Å². The lowest BCUT2D eigenvalue weighted by atomic mass is 10.1. The summed E-state index contributed by atoms with van der Waals surface area (Å²) in [5, 5.41) is 3.10. The maximum Gasteiger partial charge on any atom is 0.123 e. The Labute approximate surface area is 127 Å². The fourth-order valence-electron chi connectivity index (χ4n) is 1.94. The molecule has 2 rings (SSSR count). The molecule has 1 unspecified atom stereocenters. The van der Waals surface area contributed by atoms with E-state index in [1.165, 1.54) is 12.1 Å². The molecule has 1 atom stereocenters. The van der Waals surface area contributed by atoms with Gasteiger partial charge in [0.15, 0.2) is 0 Å². The average molecular weight is 338 g/mol. The fraction of sp³-hybridized carbons (Fsp3) is 0.250. The predicted octanol–water partition coefficient (Wildman–Crippen LogP) is 4.07. The van der Waals surface area contributed by atoms with Gasteiger partial charge < -0.3 is 10.1 Å². The summed E-state index contributed by atoms with van der Waals surface area (Å²) in [6.45, 7) is 1.18. The van der Waals surface area contributed by atoms with Crippen molar-refractivity contribution in [2.75, 3.05) is 13.6 Å². The molecule has 2 aromatic rings. The summed E-state index contributed by atoms with van der Waals surface area (Å²) in [6.07, 6.45) is -0.104. The van der Waals surface area contributed by atoms with Crippen molar-refractivity contribution in [3.05, 3.63) is 69.9 Å². The van der Waals surface area contributed by atoms with Crippen LogP contribution >= 0.6 is 15.9 Å². The summed E-state index contributed by atoms with van der Waals surface area (Å²) in [7, 11) is 1.87. The first-order valence-electron chi connectivity index (χ1n) is 6.46. The Morgan fingerprint density at radius 2 is 1.85 bits per heavy atom. The third-order valence-electron chi connectivity index (χ3n) is 3.03. The molecule has 0 aromatic heterocycles. The molecular formula is C16H17BrFNO. The largest absolute Gasteiger partial charge is 0.367 e. The Morgan fingerprint density at radius 3 is 2.50 bits per heavy atom. The normalized spacial score (nSPS) is 12.3. The van der Waals surface area contributed by atoms with E-state index in [4.69, 9.17) is 4.74 Å². The van der Waals surface area contributed by atoms with Crippen molar-refractivity contribution >= 4 is 15.9 Å². The van der Waals surface area contributed by atoms with Crippen LogP contribution in [0.25, 0.3) is 0 Å². The highest BCUT2D eigenvalue weighted by atomic mass is 79.9. The van der Waals surface area contributed by atoms with E-state index in [9.17, 15) is 4.39 Å². The molecule has 0 aliphatic rings. The topological polar surface area (TPSA) is 21.3 Å². The molecule has 0 heterocycles.